The number of ketones is 1. The van der Waals surface area contributed by atoms with E-state index in [2.05, 4.69) is 46.9 Å². The molecule has 0 aliphatic heterocycles. The van der Waals surface area contributed by atoms with Gasteiger partial charge >= 0.3 is 22.6 Å². The maximum atomic E-state index is 11.2. The van der Waals surface area contributed by atoms with Crippen molar-refractivity contribution in [3.8, 4) is 0 Å². The van der Waals surface area contributed by atoms with Crippen LogP contribution in [0.1, 0.15) is 33.6 Å². The van der Waals surface area contributed by atoms with Crippen molar-refractivity contribution in [1.82, 2.24) is 0 Å². The zero-order chi connectivity index (χ0) is 17.5. The van der Waals surface area contributed by atoms with Crippen LogP contribution in [-0.2, 0) is 31.2 Å². The average Bonchev–Trinajstić information content (AvgIpc) is 3.14. The van der Waals surface area contributed by atoms with E-state index in [4.69, 9.17) is 9.30 Å². The molecule has 6 radical (unpaired) electrons. The van der Waals surface area contributed by atoms with Crippen LogP contribution in [0.2, 0.25) is 0 Å². The Morgan fingerprint density at radius 3 is 1.96 bits per heavy atom. The summed E-state index contributed by atoms with van der Waals surface area (Å²) >= 11 is 0. The van der Waals surface area contributed by atoms with E-state index in [0.717, 1.165) is 6.42 Å². The van der Waals surface area contributed by atoms with Crippen molar-refractivity contribution in [2.75, 3.05) is 0 Å². The molecule has 2 aliphatic rings. The van der Waals surface area contributed by atoms with Gasteiger partial charge in [-0.25, -0.2) is 0 Å². The first-order chi connectivity index (χ1) is 10.5. The number of allylic oxidation sites excluding steroid dienone is 2. The Balaban J connectivity index is -0.000000308. The van der Waals surface area contributed by atoms with Gasteiger partial charge in [0.05, 0.1) is 12.0 Å². The van der Waals surface area contributed by atoms with Gasteiger partial charge < -0.3 is 5.11 Å². The molecule has 1 fully saturated rings. The summed E-state index contributed by atoms with van der Waals surface area (Å²) in [6.07, 6.45) is 12.6. The second-order valence-corrected chi connectivity index (χ2v) is 5.31. The van der Waals surface area contributed by atoms with Gasteiger partial charge in [-0.1, -0.05) is 26.8 Å². The fourth-order valence-corrected chi connectivity index (χ4v) is 2.03. The van der Waals surface area contributed by atoms with E-state index in [1.807, 2.05) is 18.9 Å². The molecule has 2 atom stereocenters. The topological polar surface area (TPSA) is 77.1 Å². The summed E-state index contributed by atoms with van der Waals surface area (Å²) in [5.41, 5.74) is 0. The second kappa shape index (κ2) is 17.7. The number of hydrogen-bond donors (Lipinski definition) is 1. The van der Waals surface area contributed by atoms with Gasteiger partial charge in [0, 0.05) is 17.1 Å². The first-order valence-electron chi connectivity index (χ1n) is 6.98. The van der Waals surface area contributed by atoms with E-state index in [0.29, 0.717) is 12.3 Å². The molecule has 2 rings (SSSR count). The van der Waals surface area contributed by atoms with Crippen molar-refractivity contribution in [2.45, 2.75) is 39.7 Å². The summed E-state index contributed by atoms with van der Waals surface area (Å²) in [4.78, 5) is 11.2. The van der Waals surface area contributed by atoms with Crippen molar-refractivity contribution >= 4 is 5.78 Å². The summed E-state index contributed by atoms with van der Waals surface area (Å²) in [5, 5.41) is 9.63. The van der Waals surface area contributed by atoms with Crippen LogP contribution in [0.3, 0.4) is 0 Å². The third-order valence-electron chi connectivity index (χ3n) is 3.04. The molecule has 1 N–H and O–H groups in total. The number of carbonyl (C=O) groups excluding carboxylic acids is 1. The predicted molar refractivity (Wildman–Crippen MR) is 81.7 cm³/mol. The number of aliphatic hydroxyl groups is 1. The second-order valence-electron chi connectivity index (χ2n) is 5.31. The molecular weight excluding hydrogens is 335 g/mol. The SMILES string of the molecule is CC(C)C[C@@H](O)[C@@H]1CC=CC1=O.C[C]1[CH][CH][CH][CH]1.[C-]#[O+].[C-]#[O+].[Mn]. The average molecular weight is 358 g/mol. The summed E-state index contributed by atoms with van der Waals surface area (Å²) in [6.45, 7) is 15.2. The van der Waals surface area contributed by atoms with E-state index in [9.17, 15) is 9.90 Å². The summed E-state index contributed by atoms with van der Waals surface area (Å²) in [7, 11) is 0. The molecule has 0 aromatic carbocycles. The molecule has 23 heavy (non-hydrogen) atoms. The Labute approximate surface area is 151 Å². The van der Waals surface area contributed by atoms with Gasteiger partial charge in [-0.15, -0.1) is 0 Å². The zero-order valence-electron chi connectivity index (χ0n) is 13.7. The summed E-state index contributed by atoms with van der Waals surface area (Å²) in [6, 6.07) is 0. The molecule has 4 nitrogen and oxygen atoms in total. The molecule has 1 saturated carbocycles. The quantitative estimate of drug-likeness (QED) is 0.478. The minimum Gasteiger partial charge on any atom is 0 e. The van der Waals surface area contributed by atoms with Gasteiger partial charge in [-0.3, -0.25) is 4.79 Å². The van der Waals surface area contributed by atoms with E-state index in [1.165, 1.54) is 5.92 Å². The summed E-state index contributed by atoms with van der Waals surface area (Å²) in [5.74, 6) is 1.72. The van der Waals surface area contributed by atoms with Crippen LogP contribution in [0.15, 0.2) is 12.2 Å². The Morgan fingerprint density at radius 2 is 1.70 bits per heavy atom. The van der Waals surface area contributed by atoms with Crippen LogP contribution in [0, 0.1) is 56.7 Å². The van der Waals surface area contributed by atoms with Gasteiger partial charge in [0.25, 0.3) is 0 Å². The maximum absolute atomic E-state index is 11.2. The number of carbonyl (C=O) groups is 1. The smallest absolute Gasteiger partial charge is 0 e. The van der Waals surface area contributed by atoms with Crippen molar-refractivity contribution in [1.29, 1.82) is 0 Å². The molecule has 0 bridgehead atoms. The van der Waals surface area contributed by atoms with E-state index >= 15 is 0 Å². The molecule has 0 aromatic rings. The van der Waals surface area contributed by atoms with Crippen LogP contribution in [0.25, 0.3) is 0 Å². The molecule has 0 heterocycles. The fraction of sp³-hybridized carbons (Fsp3) is 0.444. The third-order valence-corrected chi connectivity index (χ3v) is 3.04. The molecule has 2 aliphatic carbocycles. The van der Waals surface area contributed by atoms with Gasteiger partial charge in [0.1, 0.15) is 0 Å². The Morgan fingerprint density at radius 1 is 1.22 bits per heavy atom. The monoisotopic (exact) mass is 358 g/mol. The molecule has 0 amide bonds. The third kappa shape index (κ3) is 13.5. The Hall–Kier alpha value is -0.631. The summed E-state index contributed by atoms with van der Waals surface area (Å²) < 4.78 is 15.0. The zero-order valence-corrected chi connectivity index (χ0v) is 14.8. The molecule has 0 saturated heterocycles. The predicted octanol–water partition coefficient (Wildman–Crippen LogP) is 2.87. The molecular formula is C18H23MnO4. The minimum atomic E-state index is -0.451. The Kier molecular flexibility index (Phi) is 21.0. The van der Waals surface area contributed by atoms with Crippen LogP contribution in [0.5, 0.6) is 0 Å². The van der Waals surface area contributed by atoms with Gasteiger partial charge in [0.2, 0.25) is 0 Å². The normalized spacial score (nSPS) is 20.0. The van der Waals surface area contributed by atoms with E-state index in [1.54, 1.807) is 6.08 Å². The van der Waals surface area contributed by atoms with Crippen LogP contribution < -0.4 is 0 Å². The molecule has 126 valence electrons. The van der Waals surface area contributed by atoms with Crippen LogP contribution in [0.4, 0.5) is 0 Å². The van der Waals surface area contributed by atoms with Crippen LogP contribution >= 0.6 is 0 Å². The van der Waals surface area contributed by atoms with Gasteiger partial charge in [0.15, 0.2) is 5.78 Å². The Bertz CT molecular complexity index is 349. The molecule has 0 aromatic heterocycles. The largest absolute Gasteiger partial charge is 0 e. The minimum absolute atomic E-state index is 0. The van der Waals surface area contributed by atoms with E-state index < -0.39 is 6.10 Å². The van der Waals surface area contributed by atoms with Crippen molar-refractivity contribution in [2.24, 2.45) is 11.8 Å². The van der Waals surface area contributed by atoms with Gasteiger partial charge in [-0.2, -0.15) is 0 Å². The van der Waals surface area contributed by atoms with Crippen molar-refractivity contribution in [3.63, 3.8) is 0 Å². The molecule has 5 heteroatoms. The maximum Gasteiger partial charge on any atom is 0 e. The van der Waals surface area contributed by atoms with Crippen LogP contribution in [-0.4, -0.2) is 17.0 Å². The fourth-order valence-electron chi connectivity index (χ4n) is 2.03. The first-order valence-corrected chi connectivity index (χ1v) is 6.98. The number of hydrogen-bond acceptors (Lipinski definition) is 2. The number of aliphatic hydroxyl groups excluding tert-OH is 1. The standard InChI is InChI=1S/C10H16O2.C6H7.2CO.Mn/c1-7(2)6-10(12)8-4-3-5-9(8)11;1-6-4-2-3-5-6;2*1-2;/h3,5,7-8,10,12H,4,6H2,1-2H3;2-5H,1H3;;;/t8-,10-;;;;/m1..../s1. The van der Waals surface area contributed by atoms with Crippen molar-refractivity contribution in [3.05, 3.63) is 57.1 Å². The first kappa shape index (κ1) is 27.2. The van der Waals surface area contributed by atoms with Crippen molar-refractivity contribution < 1.29 is 36.3 Å². The van der Waals surface area contributed by atoms with Gasteiger partial charge in [-0.05, 0) is 56.4 Å². The number of rotatable bonds is 3. The molecule has 0 unspecified atom stereocenters. The molecule has 0 spiro atoms. The van der Waals surface area contributed by atoms with E-state index in [-0.39, 0.29) is 28.8 Å².